The number of rotatable bonds is 6. The quantitative estimate of drug-likeness (QED) is 0.700. The van der Waals surface area contributed by atoms with Crippen LogP contribution in [0.1, 0.15) is 13.3 Å². The minimum atomic E-state index is -0.320. The van der Waals surface area contributed by atoms with Crippen molar-refractivity contribution in [3.63, 3.8) is 0 Å². The first-order chi connectivity index (χ1) is 14.3. The van der Waals surface area contributed by atoms with Crippen LogP contribution in [0, 0.1) is 0 Å². The van der Waals surface area contributed by atoms with Gasteiger partial charge < -0.3 is 19.9 Å². The summed E-state index contributed by atoms with van der Waals surface area (Å²) in [6, 6.07) is 11.8. The van der Waals surface area contributed by atoms with Crippen molar-refractivity contribution in [2.24, 2.45) is 0 Å². The average Bonchev–Trinajstić information content (AvgIpc) is 2.70. The lowest BCUT2D eigenvalue weighted by atomic mass is 10.2. The van der Waals surface area contributed by atoms with E-state index in [9.17, 15) is 9.59 Å². The Bertz CT molecular complexity index is 888. The largest absolute Gasteiger partial charge is 0.466 e. The molecule has 1 heterocycles. The van der Waals surface area contributed by atoms with Gasteiger partial charge in [0.1, 0.15) is 0 Å². The Hall–Kier alpha value is -2.87. The Kier molecular flexibility index (Phi) is 6.77. The molecule has 1 aliphatic rings. The Morgan fingerprint density at radius 3 is 1.97 bits per heavy atom. The van der Waals surface area contributed by atoms with E-state index in [-0.39, 0.29) is 25.0 Å². The fourth-order valence-electron chi connectivity index (χ4n) is 3.15. The van der Waals surface area contributed by atoms with Gasteiger partial charge in [-0.1, -0.05) is 11.8 Å². The van der Waals surface area contributed by atoms with Crippen molar-refractivity contribution in [1.29, 1.82) is 0 Å². The molecule has 7 nitrogen and oxygen atoms in total. The molecule has 2 aromatic carbocycles. The Morgan fingerprint density at radius 2 is 1.50 bits per heavy atom. The first-order valence-electron chi connectivity index (χ1n) is 9.86. The van der Waals surface area contributed by atoms with Crippen LogP contribution in [0.25, 0.3) is 0 Å². The molecule has 0 bridgehead atoms. The van der Waals surface area contributed by atoms with E-state index in [1.807, 2.05) is 62.3 Å². The van der Waals surface area contributed by atoms with Crippen molar-refractivity contribution in [1.82, 2.24) is 5.32 Å². The lowest BCUT2D eigenvalue weighted by Crippen LogP contribution is -2.39. The van der Waals surface area contributed by atoms with Gasteiger partial charge in [0, 0.05) is 55.9 Å². The summed E-state index contributed by atoms with van der Waals surface area (Å²) in [5.74, 6) is -0.320. The Balaban J connectivity index is 1.93. The molecular formula is C22H28N4O3S. The van der Waals surface area contributed by atoms with Crippen LogP contribution >= 0.6 is 11.8 Å². The molecule has 0 aromatic heterocycles. The first kappa shape index (κ1) is 21.8. The molecule has 0 aliphatic carbocycles. The molecule has 2 amide bonds. The lowest BCUT2D eigenvalue weighted by Gasteiger charge is -2.32. The van der Waals surface area contributed by atoms with Crippen molar-refractivity contribution < 1.29 is 14.3 Å². The molecule has 160 valence electrons. The molecule has 1 aliphatic heterocycles. The molecule has 0 spiro atoms. The van der Waals surface area contributed by atoms with E-state index in [0.29, 0.717) is 6.61 Å². The highest BCUT2D eigenvalue weighted by atomic mass is 32.2. The normalized spacial score (nSPS) is 12.0. The zero-order valence-electron chi connectivity index (χ0n) is 18.1. The van der Waals surface area contributed by atoms with Crippen LogP contribution in [0.2, 0.25) is 0 Å². The van der Waals surface area contributed by atoms with Crippen LogP contribution in [0.5, 0.6) is 0 Å². The Morgan fingerprint density at radius 1 is 0.967 bits per heavy atom. The summed E-state index contributed by atoms with van der Waals surface area (Å²) in [6.45, 7) is 2.32. The van der Waals surface area contributed by atoms with E-state index >= 15 is 0 Å². The van der Waals surface area contributed by atoms with E-state index in [1.165, 1.54) is 0 Å². The molecule has 0 radical (unpaired) electrons. The third-order valence-electron chi connectivity index (χ3n) is 4.74. The van der Waals surface area contributed by atoms with Crippen molar-refractivity contribution in [2.45, 2.75) is 23.1 Å². The van der Waals surface area contributed by atoms with Crippen molar-refractivity contribution >= 4 is 46.5 Å². The second kappa shape index (κ2) is 9.30. The SMILES string of the molecule is CCOC(=O)CCNC(=O)N1c2ccc(N(C)C)cc2Sc2cc(N(C)C)ccc21. The van der Waals surface area contributed by atoms with E-state index < -0.39 is 0 Å². The minimum absolute atomic E-state index is 0.140. The number of hydrogen-bond acceptors (Lipinski definition) is 6. The minimum Gasteiger partial charge on any atom is -0.466 e. The van der Waals surface area contributed by atoms with Gasteiger partial charge in [-0.15, -0.1) is 0 Å². The number of hydrogen-bond donors (Lipinski definition) is 1. The highest BCUT2D eigenvalue weighted by molar-refractivity contribution is 7.99. The van der Waals surface area contributed by atoms with Crippen LogP contribution in [0.15, 0.2) is 46.2 Å². The van der Waals surface area contributed by atoms with Gasteiger partial charge in [-0.3, -0.25) is 9.69 Å². The van der Waals surface area contributed by atoms with Crippen molar-refractivity contribution in [3.8, 4) is 0 Å². The van der Waals surface area contributed by atoms with Crippen LogP contribution in [-0.2, 0) is 9.53 Å². The van der Waals surface area contributed by atoms with Gasteiger partial charge in [0.2, 0.25) is 0 Å². The second-order valence-corrected chi connectivity index (χ2v) is 8.40. The molecule has 0 saturated carbocycles. The standard InChI is InChI=1S/C22H28N4O3S/c1-6-29-21(27)11-12-23-22(28)26-17-9-7-15(24(2)3)13-19(17)30-20-14-16(25(4)5)8-10-18(20)26/h7-10,13-14H,6,11-12H2,1-5H3,(H,23,28). The van der Waals surface area contributed by atoms with Crippen LogP contribution < -0.4 is 20.0 Å². The Labute approximate surface area is 182 Å². The fraction of sp³-hybridized carbons (Fsp3) is 0.364. The zero-order valence-corrected chi connectivity index (χ0v) is 18.9. The highest BCUT2D eigenvalue weighted by Gasteiger charge is 2.29. The number of amides is 2. The summed E-state index contributed by atoms with van der Waals surface area (Å²) in [5, 5.41) is 2.85. The smallest absolute Gasteiger partial charge is 0.326 e. The van der Waals surface area contributed by atoms with Crippen molar-refractivity contribution in [2.75, 3.05) is 56.0 Å². The number of anilines is 4. The van der Waals surface area contributed by atoms with E-state index in [4.69, 9.17) is 4.74 Å². The number of nitrogens with one attached hydrogen (secondary N) is 1. The van der Waals surface area contributed by atoms with Gasteiger partial charge in [-0.05, 0) is 43.3 Å². The second-order valence-electron chi connectivity index (χ2n) is 7.32. The molecule has 0 unspecified atom stereocenters. The maximum absolute atomic E-state index is 13.1. The predicted octanol–water partition coefficient (Wildman–Crippen LogP) is 4.08. The zero-order chi connectivity index (χ0) is 21.8. The number of esters is 1. The maximum atomic E-state index is 13.1. The number of benzene rings is 2. The summed E-state index contributed by atoms with van der Waals surface area (Å²) in [4.78, 5) is 32.5. The van der Waals surface area contributed by atoms with Crippen molar-refractivity contribution in [3.05, 3.63) is 36.4 Å². The number of ether oxygens (including phenoxy) is 1. The summed E-state index contributed by atoms with van der Waals surface area (Å²) in [5.41, 5.74) is 3.78. The number of nitrogens with zero attached hydrogens (tertiary/aromatic N) is 3. The highest BCUT2D eigenvalue weighted by Crippen LogP contribution is 2.50. The molecule has 1 N–H and O–H groups in total. The molecular weight excluding hydrogens is 400 g/mol. The van der Waals surface area contributed by atoms with Gasteiger partial charge in [-0.2, -0.15) is 0 Å². The predicted molar refractivity (Wildman–Crippen MR) is 122 cm³/mol. The number of carbonyl (C=O) groups is 2. The fourth-order valence-corrected chi connectivity index (χ4v) is 4.27. The topological polar surface area (TPSA) is 65.1 Å². The number of carbonyl (C=O) groups excluding carboxylic acids is 2. The van der Waals surface area contributed by atoms with E-state index in [2.05, 4.69) is 17.4 Å². The van der Waals surface area contributed by atoms with E-state index in [0.717, 1.165) is 32.5 Å². The summed E-state index contributed by atoms with van der Waals surface area (Å²) < 4.78 is 4.94. The van der Waals surface area contributed by atoms with Crippen LogP contribution in [-0.4, -0.2) is 53.3 Å². The molecule has 2 aromatic rings. The third-order valence-corrected chi connectivity index (χ3v) is 5.83. The summed E-state index contributed by atoms with van der Waals surface area (Å²) >= 11 is 1.65. The van der Waals surface area contributed by atoms with Gasteiger partial charge >= 0.3 is 12.0 Å². The molecule has 3 rings (SSSR count). The van der Waals surface area contributed by atoms with Gasteiger partial charge in [0.05, 0.1) is 24.4 Å². The van der Waals surface area contributed by atoms with Gasteiger partial charge in [0.15, 0.2) is 0 Å². The number of fused-ring (bicyclic) bond motifs is 2. The first-order valence-corrected chi connectivity index (χ1v) is 10.7. The molecule has 0 atom stereocenters. The van der Waals surface area contributed by atoms with E-state index in [1.54, 1.807) is 23.6 Å². The molecule has 30 heavy (non-hydrogen) atoms. The molecule has 0 saturated heterocycles. The molecule has 8 heteroatoms. The average molecular weight is 429 g/mol. The third kappa shape index (κ3) is 4.64. The maximum Gasteiger partial charge on any atom is 0.326 e. The van der Waals surface area contributed by atoms with Crippen LogP contribution in [0.3, 0.4) is 0 Å². The van der Waals surface area contributed by atoms with Gasteiger partial charge in [-0.25, -0.2) is 4.79 Å². The van der Waals surface area contributed by atoms with Gasteiger partial charge in [0.25, 0.3) is 0 Å². The monoisotopic (exact) mass is 428 g/mol. The summed E-state index contributed by atoms with van der Waals surface area (Å²) in [6.07, 6.45) is 0.140. The number of urea groups is 1. The lowest BCUT2D eigenvalue weighted by molar-refractivity contribution is -0.142. The molecule has 0 fully saturated rings. The summed E-state index contributed by atoms with van der Waals surface area (Å²) in [7, 11) is 7.97. The van der Waals surface area contributed by atoms with Crippen LogP contribution in [0.4, 0.5) is 27.5 Å².